The Labute approximate surface area is 129 Å². The van der Waals surface area contributed by atoms with Gasteiger partial charge in [-0.25, -0.2) is 4.79 Å². The molecule has 0 amide bonds. The number of hydrogen-bond donors (Lipinski definition) is 0. The highest BCUT2D eigenvalue weighted by atomic mass is 35.5. The molecule has 0 saturated heterocycles. The van der Waals surface area contributed by atoms with Crippen molar-refractivity contribution in [2.45, 2.75) is 19.4 Å². The summed E-state index contributed by atoms with van der Waals surface area (Å²) in [5, 5.41) is 0.735. The van der Waals surface area contributed by atoms with Crippen LogP contribution in [0.5, 0.6) is 5.75 Å². The van der Waals surface area contributed by atoms with Crippen molar-refractivity contribution in [3.05, 3.63) is 64.7 Å². The molecule has 3 nitrogen and oxygen atoms in total. The summed E-state index contributed by atoms with van der Waals surface area (Å²) in [6.07, 6.45) is 0.210. The van der Waals surface area contributed by atoms with Gasteiger partial charge in [0.05, 0.1) is 7.11 Å². The Hall–Kier alpha value is -2.00. The summed E-state index contributed by atoms with van der Waals surface area (Å²) in [4.78, 5) is 11.3. The molecule has 1 unspecified atom stereocenters. The summed E-state index contributed by atoms with van der Waals surface area (Å²) in [6.45, 7) is 1.66. The Morgan fingerprint density at radius 3 is 2.10 bits per heavy atom. The molecule has 1 atom stereocenters. The van der Waals surface area contributed by atoms with E-state index in [1.165, 1.54) is 12.7 Å². The van der Waals surface area contributed by atoms with Crippen molar-refractivity contribution in [2.24, 2.45) is 0 Å². The van der Waals surface area contributed by atoms with Crippen LogP contribution in [0.3, 0.4) is 0 Å². The molecule has 2 aromatic rings. The average molecular weight is 305 g/mol. The molecule has 2 rings (SSSR count). The summed E-state index contributed by atoms with van der Waals surface area (Å²) >= 11 is 5.87. The summed E-state index contributed by atoms with van der Waals surface area (Å²) < 4.78 is 10.1. The summed E-state index contributed by atoms with van der Waals surface area (Å²) in [5.41, 5.74) is 2.35. The number of carbonyl (C=O) groups is 1. The first kappa shape index (κ1) is 15.4. The van der Waals surface area contributed by atoms with Crippen molar-refractivity contribution in [2.75, 3.05) is 7.11 Å². The number of methoxy groups -OCH3 is 1. The van der Waals surface area contributed by atoms with Gasteiger partial charge < -0.3 is 9.47 Å². The first-order valence-electron chi connectivity index (χ1n) is 6.66. The van der Waals surface area contributed by atoms with Crippen molar-refractivity contribution < 1.29 is 14.3 Å². The van der Waals surface area contributed by atoms with Gasteiger partial charge in [-0.05, 0) is 48.7 Å². The highest BCUT2D eigenvalue weighted by Gasteiger charge is 2.14. The van der Waals surface area contributed by atoms with Crippen LogP contribution >= 0.6 is 11.6 Å². The molecule has 110 valence electrons. The van der Waals surface area contributed by atoms with Gasteiger partial charge in [0, 0.05) is 5.02 Å². The molecular formula is C17H17ClO3. The van der Waals surface area contributed by atoms with Crippen LogP contribution in [0.25, 0.3) is 0 Å². The van der Waals surface area contributed by atoms with E-state index in [2.05, 4.69) is 4.74 Å². The molecule has 0 aliphatic heterocycles. The minimum absolute atomic E-state index is 0.389. The van der Waals surface area contributed by atoms with Crippen molar-refractivity contribution in [3.8, 4) is 5.75 Å². The quantitative estimate of drug-likeness (QED) is 0.787. The first-order chi connectivity index (χ1) is 10.1. The van der Waals surface area contributed by atoms with E-state index in [-0.39, 0.29) is 5.97 Å². The largest absolute Gasteiger partial charge is 0.479 e. The van der Waals surface area contributed by atoms with Crippen LogP contribution in [0, 0.1) is 0 Å². The van der Waals surface area contributed by atoms with Crippen molar-refractivity contribution >= 4 is 17.6 Å². The van der Waals surface area contributed by atoms with Crippen LogP contribution in [0.2, 0.25) is 5.02 Å². The molecule has 0 N–H and O–H groups in total. The topological polar surface area (TPSA) is 35.5 Å². The number of halogens is 1. The van der Waals surface area contributed by atoms with Gasteiger partial charge in [-0.2, -0.15) is 0 Å². The third kappa shape index (κ3) is 4.50. The van der Waals surface area contributed by atoms with Crippen LogP contribution in [0.15, 0.2) is 48.5 Å². The van der Waals surface area contributed by atoms with E-state index >= 15 is 0 Å². The second kappa shape index (κ2) is 7.14. The lowest BCUT2D eigenvalue weighted by Gasteiger charge is -2.12. The highest BCUT2D eigenvalue weighted by Crippen LogP contribution is 2.18. The van der Waals surface area contributed by atoms with E-state index in [9.17, 15) is 4.79 Å². The number of rotatable bonds is 5. The van der Waals surface area contributed by atoms with Crippen LogP contribution < -0.4 is 4.74 Å². The van der Waals surface area contributed by atoms with Crippen LogP contribution in [0.4, 0.5) is 0 Å². The molecule has 4 heteroatoms. The Kier molecular flexibility index (Phi) is 5.23. The zero-order valence-corrected chi connectivity index (χ0v) is 12.8. The van der Waals surface area contributed by atoms with Gasteiger partial charge in [-0.1, -0.05) is 35.9 Å². The standard InChI is InChI=1S/C17H17ClO3/c1-12(17(19)20-2)21-16-9-5-14(6-10-16)11-13-3-7-15(18)8-4-13/h3-10,12H,11H2,1-2H3. The molecule has 0 aliphatic rings. The maximum Gasteiger partial charge on any atom is 0.346 e. The number of carbonyl (C=O) groups excluding carboxylic acids is 1. The van der Waals surface area contributed by atoms with E-state index in [4.69, 9.17) is 16.3 Å². The maximum absolute atomic E-state index is 11.3. The molecule has 0 spiro atoms. The fourth-order valence-electron chi connectivity index (χ4n) is 1.94. The molecule has 0 fully saturated rings. The number of ether oxygens (including phenoxy) is 2. The smallest absolute Gasteiger partial charge is 0.346 e. The predicted molar refractivity (Wildman–Crippen MR) is 82.8 cm³/mol. The molecule has 0 aromatic heterocycles. The fourth-order valence-corrected chi connectivity index (χ4v) is 2.07. The Morgan fingerprint density at radius 1 is 1.05 bits per heavy atom. The van der Waals surface area contributed by atoms with E-state index in [1.807, 2.05) is 48.5 Å². The van der Waals surface area contributed by atoms with Crippen LogP contribution in [-0.2, 0) is 16.0 Å². The van der Waals surface area contributed by atoms with Gasteiger partial charge in [0.2, 0.25) is 0 Å². The van der Waals surface area contributed by atoms with Gasteiger partial charge in [0.15, 0.2) is 6.10 Å². The van der Waals surface area contributed by atoms with E-state index < -0.39 is 6.10 Å². The van der Waals surface area contributed by atoms with E-state index in [1.54, 1.807) is 6.92 Å². The predicted octanol–water partition coefficient (Wildman–Crippen LogP) is 3.87. The number of benzene rings is 2. The zero-order chi connectivity index (χ0) is 15.2. The van der Waals surface area contributed by atoms with Crippen molar-refractivity contribution in [3.63, 3.8) is 0 Å². The number of hydrogen-bond acceptors (Lipinski definition) is 3. The van der Waals surface area contributed by atoms with Gasteiger partial charge in [-0.3, -0.25) is 0 Å². The molecule has 0 radical (unpaired) electrons. The molecule has 0 aliphatic carbocycles. The monoisotopic (exact) mass is 304 g/mol. The lowest BCUT2D eigenvalue weighted by molar-refractivity contribution is -0.147. The molecule has 2 aromatic carbocycles. The summed E-state index contributed by atoms with van der Waals surface area (Å²) in [5.74, 6) is 0.257. The lowest BCUT2D eigenvalue weighted by atomic mass is 10.1. The Morgan fingerprint density at radius 2 is 1.57 bits per heavy atom. The molecule has 0 bridgehead atoms. The van der Waals surface area contributed by atoms with Crippen molar-refractivity contribution in [1.82, 2.24) is 0 Å². The van der Waals surface area contributed by atoms with Crippen LogP contribution in [-0.4, -0.2) is 19.2 Å². The summed E-state index contributed by atoms with van der Waals surface area (Å²) in [6, 6.07) is 15.4. The fraction of sp³-hybridized carbons (Fsp3) is 0.235. The first-order valence-corrected chi connectivity index (χ1v) is 7.04. The SMILES string of the molecule is COC(=O)C(C)Oc1ccc(Cc2ccc(Cl)cc2)cc1. The average Bonchev–Trinajstić information content (AvgIpc) is 2.50. The van der Waals surface area contributed by atoms with Crippen LogP contribution in [0.1, 0.15) is 18.1 Å². The second-order valence-corrected chi connectivity index (χ2v) is 5.17. The Bertz CT molecular complexity index is 590. The minimum atomic E-state index is -0.614. The lowest BCUT2D eigenvalue weighted by Crippen LogP contribution is -2.24. The molecular weight excluding hydrogens is 288 g/mol. The summed E-state index contributed by atoms with van der Waals surface area (Å²) in [7, 11) is 1.34. The minimum Gasteiger partial charge on any atom is -0.479 e. The third-order valence-corrected chi connectivity index (χ3v) is 3.34. The third-order valence-electron chi connectivity index (χ3n) is 3.09. The van der Waals surface area contributed by atoms with Crippen molar-refractivity contribution in [1.29, 1.82) is 0 Å². The highest BCUT2D eigenvalue weighted by molar-refractivity contribution is 6.30. The van der Waals surface area contributed by atoms with Gasteiger partial charge in [0.1, 0.15) is 5.75 Å². The normalized spacial score (nSPS) is 11.8. The van der Waals surface area contributed by atoms with Gasteiger partial charge in [-0.15, -0.1) is 0 Å². The molecule has 0 saturated carbocycles. The van der Waals surface area contributed by atoms with Gasteiger partial charge >= 0.3 is 5.97 Å². The van der Waals surface area contributed by atoms with Gasteiger partial charge in [0.25, 0.3) is 0 Å². The second-order valence-electron chi connectivity index (χ2n) is 4.73. The molecule has 21 heavy (non-hydrogen) atoms. The maximum atomic E-state index is 11.3. The Balaban J connectivity index is 1.98. The zero-order valence-electron chi connectivity index (χ0n) is 12.0. The van der Waals surface area contributed by atoms with E-state index in [0.29, 0.717) is 5.75 Å². The number of esters is 1. The van der Waals surface area contributed by atoms with E-state index in [0.717, 1.165) is 17.0 Å². The molecule has 0 heterocycles.